The molecule has 0 atom stereocenters. The van der Waals surface area contributed by atoms with E-state index in [4.69, 9.17) is 0 Å². The number of carbonyl (C=O) groups excluding carboxylic acids is 1. The van der Waals surface area contributed by atoms with Gasteiger partial charge in [0.2, 0.25) is 5.91 Å². The quantitative estimate of drug-likeness (QED) is 0.405. The van der Waals surface area contributed by atoms with E-state index in [2.05, 4.69) is 85.6 Å². The van der Waals surface area contributed by atoms with Crippen LogP contribution in [0.1, 0.15) is 71.9 Å². The summed E-state index contributed by atoms with van der Waals surface area (Å²) in [4.78, 5) is 13.7. The van der Waals surface area contributed by atoms with Crippen molar-refractivity contribution in [1.29, 1.82) is 0 Å². The summed E-state index contributed by atoms with van der Waals surface area (Å²) in [5, 5.41) is 1.28. The van der Waals surface area contributed by atoms with Gasteiger partial charge in [0.05, 0.1) is 11.2 Å². The minimum atomic E-state index is 0.108. The van der Waals surface area contributed by atoms with Crippen molar-refractivity contribution in [3.8, 4) is 0 Å². The molecule has 0 saturated carbocycles. The van der Waals surface area contributed by atoms with Crippen molar-refractivity contribution in [2.45, 2.75) is 67.2 Å². The minimum Gasteiger partial charge on any atom is -0.312 e. The van der Waals surface area contributed by atoms with Crippen LogP contribution in [0, 0.1) is 5.92 Å². The first-order chi connectivity index (χ1) is 16.0. The van der Waals surface area contributed by atoms with Gasteiger partial charge in [-0.1, -0.05) is 65.3 Å². The van der Waals surface area contributed by atoms with Crippen LogP contribution in [0.4, 0.5) is 11.4 Å². The molecule has 33 heavy (non-hydrogen) atoms. The summed E-state index contributed by atoms with van der Waals surface area (Å²) in [7, 11) is 0. The fraction of sp³-hybridized carbons (Fsp3) is 0.414. The van der Waals surface area contributed by atoms with Crippen molar-refractivity contribution in [1.82, 2.24) is 4.68 Å². The smallest absolute Gasteiger partial charge is 0.223 e. The van der Waals surface area contributed by atoms with Gasteiger partial charge in [0.1, 0.15) is 0 Å². The Morgan fingerprint density at radius 1 is 1.15 bits per heavy atom. The van der Waals surface area contributed by atoms with E-state index in [1.165, 1.54) is 27.6 Å². The number of para-hydroxylation sites is 1. The third-order valence-corrected chi connectivity index (χ3v) is 6.02. The van der Waals surface area contributed by atoms with Gasteiger partial charge in [-0.15, -0.1) is 0 Å². The van der Waals surface area contributed by atoms with E-state index in [-0.39, 0.29) is 5.91 Å². The number of amides is 1. The molecule has 0 radical (unpaired) electrons. The Labute approximate surface area is 199 Å². The zero-order valence-electron chi connectivity index (χ0n) is 21.1. The predicted octanol–water partition coefficient (Wildman–Crippen LogP) is 7.68. The molecule has 1 N–H and O–H groups in total. The van der Waals surface area contributed by atoms with Crippen LogP contribution in [0.3, 0.4) is 0 Å². The molecule has 2 heterocycles. The number of nitrogens with one attached hydrogen (secondary N) is 1. The van der Waals surface area contributed by atoms with Crippen molar-refractivity contribution < 1.29 is 4.79 Å². The molecule has 0 unspecified atom stereocenters. The number of carbonyl (C=O) groups is 1. The van der Waals surface area contributed by atoms with Crippen LogP contribution in [0.2, 0.25) is 0 Å². The van der Waals surface area contributed by atoms with E-state index in [0.717, 1.165) is 43.6 Å². The second-order valence-corrected chi connectivity index (χ2v) is 8.91. The number of fused-ring (bicyclic) bond motifs is 2. The Kier molecular flexibility index (Phi) is 8.37. The zero-order chi connectivity index (χ0) is 24.0. The Morgan fingerprint density at radius 2 is 1.91 bits per heavy atom. The molecule has 3 aromatic rings. The fourth-order valence-corrected chi connectivity index (χ4v) is 4.46. The molecule has 1 aliphatic rings. The first-order valence-corrected chi connectivity index (χ1v) is 12.5. The molecule has 2 aromatic carbocycles. The van der Waals surface area contributed by atoms with Gasteiger partial charge < -0.3 is 4.90 Å². The van der Waals surface area contributed by atoms with Gasteiger partial charge in [-0.2, -0.15) is 0 Å². The SMILES string of the molecule is CC.CCC/C(=C\CC(C)C)c1cn(Nc2ccc3c(c2)CCN3C(C)=O)c2ccccc12. The van der Waals surface area contributed by atoms with Crippen molar-refractivity contribution in [2.75, 3.05) is 16.9 Å². The molecule has 0 aliphatic carbocycles. The average molecular weight is 446 g/mol. The minimum absolute atomic E-state index is 0.108. The zero-order valence-corrected chi connectivity index (χ0v) is 21.1. The maximum atomic E-state index is 11.8. The highest BCUT2D eigenvalue weighted by molar-refractivity contribution is 5.95. The number of rotatable bonds is 7. The standard InChI is InChI=1S/C27H33N3O.C2H6/c1-5-8-21(12-11-19(2)3)25-18-30(27-10-7-6-9-24(25)27)28-23-13-14-26-22(17-23)15-16-29(26)20(4)31;1-2/h6-7,9-10,12-14,17-19,28H,5,8,11,15-16H2,1-4H3;1-2H3/b21-12+;. The van der Waals surface area contributed by atoms with E-state index in [0.29, 0.717) is 5.92 Å². The second-order valence-electron chi connectivity index (χ2n) is 8.91. The van der Waals surface area contributed by atoms with Crippen LogP contribution >= 0.6 is 0 Å². The lowest BCUT2D eigenvalue weighted by molar-refractivity contribution is -0.116. The Morgan fingerprint density at radius 3 is 2.61 bits per heavy atom. The van der Waals surface area contributed by atoms with E-state index in [1.54, 1.807) is 6.92 Å². The topological polar surface area (TPSA) is 37.3 Å². The van der Waals surface area contributed by atoms with Gasteiger partial charge >= 0.3 is 0 Å². The summed E-state index contributed by atoms with van der Waals surface area (Å²) >= 11 is 0. The Bertz CT molecular complexity index is 1120. The number of aromatic nitrogens is 1. The van der Waals surface area contributed by atoms with Gasteiger partial charge in [-0.05, 0) is 60.6 Å². The molecule has 1 aromatic heterocycles. The highest BCUT2D eigenvalue weighted by atomic mass is 16.2. The van der Waals surface area contributed by atoms with Crippen molar-refractivity contribution in [3.63, 3.8) is 0 Å². The fourth-order valence-electron chi connectivity index (χ4n) is 4.46. The summed E-state index contributed by atoms with van der Waals surface area (Å²) in [6, 6.07) is 14.9. The third-order valence-electron chi connectivity index (χ3n) is 6.02. The van der Waals surface area contributed by atoms with Crippen LogP contribution < -0.4 is 10.3 Å². The predicted molar refractivity (Wildman–Crippen MR) is 143 cm³/mol. The van der Waals surface area contributed by atoms with E-state index in [9.17, 15) is 4.79 Å². The molecule has 1 aliphatic heterocycles. The first kappa shape index (κ1) is 24.6. The average Bonchev–Trinajstić information content (AvgIpc) is 3.40. The maximum absolute atomic E-state index is 11.8. The number of nitrogens with zero attached hydrogens (tertiary/aromatic N) is 2. The van der Waals surface area contributed by atoms with Crippen LogP contribution in [-0.2, 0) is 11.2 Å². The number of allylic oxidation sites excluding steroid dienone is 2. The maximum Gasteiger partial charge on any atom is 0.223 e. The molecule has 0 fully saturated rings. The van der Waals surface area contributed by atoms with Crippen molar-refractivity contribution in [2.24, 2.45) is 5.92 Å². The van der Waals surface area contributed by atoms with Crippen molar-refractivity contribution >= 4 is 33.8 Å². The number of hydrogen-bond acceptors (Lipinski definition) is 2. The first-order valence-electron chi connectivity index (χ1n) is 12.5. The number of benzene rings is 2. The largest absolute Gasteiger partial charge is 0.312 e. The summed E-state index contributed by atoms with van der Waals surface area (Å²) < 4.78 is 2.14. The lowest BCUT2D eigenvalue weighted by Gasteiger charge is -2.15. The molecule has 4 heteroatoms. The van der Waals surface area contributed by atoms with Gasteiger partial charge in [0.25, 0.3) is 0 Å². The highest BCUT2D eigenvalue weighted by Crippen LogP contribution is 2.33. The van der Waals surface area contributed by atoms with Gasteiger partial charge in [0, 0.05) is 36.3 Å². The summed E-state index contributed by atoms with van der Waals surface area (Å²) in [6.45, 7) is 13.2. The van der Waals surface area contributed by atoms with Crippen LogP contribution in [0.5, 0.6) is 0 Å². The molecule has 4 rings (SSSR count). The van der Waals surface area contributed by atoms with E-state index < -0.39 is 0 Å². The number of anilines is 2. The van der Waals surface area contributed by atoms with Crippen molar-refractivity contribution in [3.05, 3.63) is 65.9 Å². The lowest BCUT2D eigenvalue weighted by atomic mass is 9.97. The van der Waals surface area contributed by atoms with Crippen LogP contribution in [-0.4, -0.2) is 17.1 Å². The molecule has 0 saturated heterocycles. The molecule has 1 amide bonds. The Balaban J connectivity index is 0.00000149. The highest BCUT2D eigenvalue weighted by Gasteiger charge is 2.22. The molecule has 4 nitrogen and oxygen atoms in total. The summed E-state index contributed by atoms with van der Waals surface area (Å²) in [6.07, 6.45) is 8.88. The molecular weight excluding hydrogens is 406 g/mol. The van der Waals surface area contributed by atoms with E-state index in [1.807, 2.05) is 18.7 Å². The summed E-state index contributed by atoms with van der Waals surface area (Å²) in [5.41, 5.74) is 10.8. The summed E-state index contributed by atoms with van der Waals surface area (Å²) in [5.74, 6) is 0.761. The van der Waals surface area contributed by atoms with Gasteiger partial charge in [-0.25, -0.2) is 0 Å². The van der Waals surface area contributed by atoms with Crippen LogP contribution in [0.25, 0.3) is 16.5 Å². The third kappa shape index (κ3) is 5.50. The molecular formula is C29H39N3O. The van der Waals surface area contributed by atoms with Crippen LogP contribution in [0.15, 0.2) is 54.7 Å². The van der Waals surface area contributed by atoms with E-state index >= 15 is 0 Å². The Hall–Kier alpha value is -3.01. The second kappa shape index (κ2) is 11.2. The van der Waals surface area contributed by atoms with Gasteiger partial charge in [-0.3, -0.25) is 14.9 Å². The lowest BCUT2D eigenvalue weighted by Crippen LogP contribution is -2.25. The number of hydrogen-bond donors (Lipinski definition) is 1. The molecule has 176 valence electrons. The monoisotopic (exact) mass is 445 g/mol. The molecule has 0 bridgehead atoms. The molecule has 0 spiro atoms. The normalized spacial score (nSPS) is 13.2. The van der Waals surface area contributed by atoms with Gasteiger partial charge in [0.15, 0.2) is 0 Å².